The van der Waals surface area contributed by atoms with Crippen LogP contribution in [0.1, 0.15) is 17.5 Å². The summed E-state index contributed by atoms with van der Waals surface area (Å²) in [4.78, 5) is 12.5. The normalized spacial score (nSPS) is 20.8. The Bertz CT molecular complexity index is 644. The number of hydrogen-bond acceptors (Lipinski definition) is 4. The van der Waals surface area contributed by atoms with E-state index in [9.17, 15) is 17.6 Å². The minimum atomic E-state index is -3.12. The molecule has 0 aliphatic carbocycles. The van der Waals surface area contributed by atoms with E-state index < -0.39 is 21.6 Å². The van der Waals surface area contributed by atoms with Gasteiger partial charge in [0.1, 0.15) is 5.82 Å². The summed E-state index contributed by atoms with van der Waals surface area (Å²) in [6, 6.07) is 4.27. The van der Waals surface area contributed by atoms with Gasteiger partial charge in [-0.3, -0.25) is 9.69 Å². The van der Waals surface area contributed by atoms with Crippen molar-refractivity contribution < 1.29 is 22.7 Å². The number of rotatable bonds is 5. The molecule has 0 spiro atoms. The largest absolute Gasteiger partial charge is 0.480 e. The van der Waals surface area contributed by atoms with Gasteiger partial charge in [-0.05, 0) is 19.4 Å². The third kappa shape index (κ3) is 4.25. The van der Waals surface area contributed by atoms with Crippen LogP contribution in [0.3, 0.4) is 0 Å². The number of aryl methyl sites for hydroxylation is 1. The Balaban J connectivity index is 2.20. The average molecular weight is 315 g/mol. The third-order valence-electron chi connectivity index (χ3n) is 3.64. The molecule has 2 rings (SSSR count). The summed E-state index contributed by atoms with van der Waals surface area (Å²) in [5.41, 5.74) is 1.27. The van der Waals surface area contributed by atoms with Crippen LogP contribution >= 0.6 is 0 Å². The molecule has 1 atom stereocenters. The molecule has 1 saturated heterocycles. The first-order valence-corrected chi connectivity index (χ1v) is 8.50. The zero-order valence-electron chi connectivity index (χ0n) is 11.8. The van der Waals surface area contributed by atoms with E-state index in [0.29, 0.717) is 12.0 Å². The molecule has 1 fully saturated rings. The molecule has 1 aliphatic rings. The van der Waals surface area contributed by atoms with Crippen LogP contribution in [0.25, 0.3) is 0 Å². The van der Waals surface area contributed by atoms with Crippen molar-refractivity contribution >= 4 is 15.8 Å². The SMILES string of the molecule is Cc1ccc(F)c(CN(CC(=O)O)C2CCS(=O)(=O)C2)c1. The fourth-order valence-electron chi connectivity index (χ4n) is 2.59. The summed E-state index contributed by atoms with van der Waals surface area (Å²) in [5.74, 6) is -1.46. The first kappa shape index (κ1) is 15.9. The molecule has 5 nitrogen and oxygen atoms in total. The number of carboxylic acid groups (broad SMARTS) is 1. The lowest BCUT2D eigenvalue weighted by molar-refractivity contribution is -0.139. The van der Waals surface area contributed by atoms with Crippen LogP contribution in [0, 0.1) is 12.7 Å². The van der Waals surface area contributed by atoms with Gasteiger partial charge in [0.2, 0.25) is 0 Å². The summed E-state index contributed by atoms with van der Waals surface area (Å²) in [7, 11) is -3.12. The minimum Gasteiger partial charge on any atom is -0.480 e. The van der Waals surface area contributed by atoms with Crippen molar-refractivity contribution in [2.24, 2.45) is 0 Å². The number of nitrogens with zero attached hydrogens (tertiary/aromatic N) is 1. The Morgan fingerprint density at radius 3 is 2.76 bits per heavy atom. The zero-order valence-corrected chi connectivity index (χ0v) is 12.6. The van der Waals surface area contributed by atoms with E-state index in [4.69, 9.17) is 5.11 Å². The van der Waals surface area contributed by atoms with Crippen LogP contribution in [-0.2, 0) is 21.2 Å². The smallest absolute Gasteiger partial charge is 0.317 e. The Labute approximate surface area is 123 Å². The molecule has 0 aromatic heterocycles. The lowest BCUT2D eigenvalue weighted by Gasteiger charge is -2.26. The Kier molecular flexibility index (Phi) is 4.63. The highest BCUT2D eigenvalue weighted by Crippen LogP contribution is 2.21. The molecular formula is C14H18FNO4S. The first-order chi connectivity index (χ1) is 9.77. The first-order valence-electron chi connectivity index (χ1n) is 6.68. The fourth-order valence-corrected chi connectivity index (χ4v) is 4.36. The predicted octanol–water partition coefficient (Wildman–Crippen LogP) is 1.21. The van der Waals surface area contributed by atoms with Crippen molar-refractivity contribution in [3.63, 3.8) is 0 Å². The van der Waals surface area contributed by atoms with Crippen molar-refractivity contribution in [1.29, 1.82) is 0 Å². The van der Waals surface area contributed by atoms with Gasteiger partial charge in [0, 0.05) is 18.2 Å². The van der Waals surface area contributed by atoms with Gasteiger partial charge in [0.25, 0.3) is 0 Å². The molecule has 1 aromatic rings. The van der Waals surface area contributed by atoms with Gasteiger partial charge in [-0.1, -0.05) is 17.7 Å². The van der Waals surface area contributed by atoms with E-state index in [0.717, 1.165) is 5.56 Å². The number of benzene rings is 1. The number of carbonyl (C=O) groups is 1. The summed E-state index contributed by atoms with van der Waals surface area (Å²) in [6.07, 6.45) is 0.392. The monoisotopic (exact) mass is 315 g/mol. The predicted molar refractivity (Wildman–Crippen MR) is 76.2 cm³/mol. The van der Waals surface area contributed by atoms with Crippen molar-refractivity contribution in [2.75, 3.05) is 18.1 Å². The second-order valence-corrected chi connectivity index (χ2v) is 7.68. The van der Waals surface area contributed by atoms with Crippen molar-refractivity contribution in [2.45, 2.75) is 25.9 Å². The zero-order chi connectivity index (χ0) is 15.6. The number of aliphatic carboxylic acids is 1. The van der Waals surface area contributed by atoms with Crippen LogP contribution in [0.5, 0.6) is 0 Å². The molecule has 0 amide bonds. The van der Waals surface area contributed by atoms with E-state index >= 15 is 0 Å². The molecule has 0 saturated carbocycles. The van der Waals surface area contributed by atoms with Crippen molar-refractivity contribution in [3.8, 4) is 0 Å². The molecule has 0 bridgehead atoms. The Morgan fingerprint density at radius 1 is 1.48 bits per heavy atom. The van der Waals surface area contributed by atoms with Crippen LogP contribution in [0.2, 0.25) is 0 Å². The van der Waals surface area contributed by atoms with E-state index in [-0.39, 0.29) is 30.6 Å². The molecule has 7 heteroatoms. The van der Waals surface area contributed by atoms with Crippen LogP contribution in [-0.4, -0.2) is 48.5 Å². The highest BCUT2D eigenvalue weighted by atomic mass is 32.2. The van der Waals surface area contributed by atoms with Crippen molar-refractivity contribution in [3.05, 3.63) is 35.1 Å². The van der Waals surface area contributed by atoms with E-state index in [1.54, 1.807) is 12.1 Å². The maximum atomic E-state index is 13.8. The fraction of sp³-hybridized carbons (Fsp3) is 0.500. The van der Waals surface area contributed by atoms with Crippen LogP contribution in [0.15, 0.2) is 18.2 Å². The quantitative estimate of drug-likeness (QED) is 0.884. The highest BCUT2D eigenvalue weighted by Gasteiger charge is 2.33. The molecule has 1 heterocycles. The third-order valence-corrected chi connectivity index (χ3v) is 5.39. The molecule has 0 radical (unpaired) electrons. The van der Waals surface area contributed by atoms with E-state index in [2.05, 4.69) is 0 Å². The summed E-state index contributed by atoms with van der Waals surface area (Å²) >= 11 is 0. The number of halogens is 1. The van der Waals surface area contributed by atoms with Gasteiger partial charge < -0.3 is 5.11 Å². The highest BCUT2D eigenvalue weighted by molar-refractivity contribution is 7.91. The van der Waals surface area contributed by atoms with Gasteiger partial charge in [-0.25, -0.2) is 12.8 Å². The standard InChI is InChI=1S/C14H18FNO4S/c1-10-2-3-13(15)11(6-10)7-16(8-14(17)18)12-4-5-21(19,20)9-12/h2-3,6,12H,4-5,7-9H2,1H3,(H,17,18). The lowest BCUT2D eigenvalue weighted by Crippen LogP contribution is -2.39. The number of sulfone groups is 1. The second-order valence-electron chi connectivity index (χ2n) is 5.45. The molecule has 1 aliphatic heterocycles. The topological polar surface area (TPSA) is 74.7 Å². The number of hydrogen-bond donors (Lipinski definition) is 1. The van der Waals surface area contributed by atoms with Crippen LogP contribution < -0.4 is 0 Å². The minimum absolute atomic E-state index is 0.0596. The Morgan fingerprint density at radius 2 is 2.19 bits per heavy atom. The molecule has 1 aromatic carbocycles. The second kappa shape index (κ2) is 6.11. The lowest BCUT2D eigenvalue weighted by atomic mass is 10.1. The van der Waals surface area contributed by atoms with Crippen molar-refractivity contribution in [1.82, 2.24) is 4.90 Å². The maximum absolute atomic E-state index is 13.8. The van der Waals surface area contributed by atoms with Gasteiger partial charge in [-0.15, -0.1) is 0 Å². The van der Waals surface area contributed by atoms with E-state index in [1.165, 1.54) is 11.0 Å². The summed E-state index contributed by atoms with van der Waals surface area (Å²) in [6.45, 7) is 1.62. The average Bonchev–Trinajstić information content (AvgIpc) is 2.73. The Hall–Kier alpha value is -1.47. The van der Waals surface area contributed by atoms with Gasteiger partial charge in [0.05, 0.1) is 18.1 Å². The van der Waals surface area contributed by atoms with Gasteiger partial charge in [-0.2, -0.15) is 0 Å². The molecule has 1 N–H and O–H groups in total. The van der Waals surface area contributed by atoms with Gasteiger partial charge >= 0.3 is 5.97 Å². The molecule has 116 valence electrons. The molecular weight excluding hydrogens is 297 g/mol. The number of carboxylic acids is 1. The maximum Gasteiger partial charge on any atom is 0.317 e. The summed E-state index contributed by atoms with van der Waals surface area (Å²) < 4.78 is 36.9. The van der Waals surface area contributed by atoms with Gasteiger partial charge in [0.15, 0.2) is 9.84 Å². The van der Waals surface area contributed by atoms with Crippen LogP contribution in [0.4, 0.5) is 4.39 Å². The molecule has 1 unspecified atom stereocenters. The molecule has 21 heavy (non-hydrogen) atoms. The van der Waals surface area contributed by atoms with E-state index in [1.807, 2.05) is 6.92 Å². The summed E-state index contributed by atoms with van der Waals surface area (Å²) in [5, 5.41) is 8.99.